The molecule has 0 saturated heterocycles. The molecule has 0 aliphatic rings. The summed E-state index contributed by atoms with van der Waals surface area (Å²) in [7, 11) is 0. The minimum Gasteiger partial charge on any atom is -0.484 e. The number of hydrogen-bond donors (Lipinski definition) is 1. The van der Waals surface area contributed by atoms with E-state index < -0.39 is 0 Å². The van der Waals surface area contributed by atoms with Crippen LogP contribution in [0, 0.1) is 12.7 Å². The van der Waals surface area contributed by atoms with E-state index in [0.717, 1.165) is 11.1 Å². The average molecular weight is 246 g/mol. The fraction of sp³-hybridized carbons (Fsp3) is 0.214. The standard InChI is InChI=1S/C14H15FN2O/c1-10-8-12(15)2-3-13(10)18-14(9-16)11-4-6-17-7-5-11/h2-8,14H,9,16H2,1H3. The summed E-state index contributed by atoms with van der Waals surface area (Å²) in [6.07, 6.45) is 3.13. The van der Waals surface area contributed by atoms with Crippen molar-refractivity contribution in [3.8, 4) is 5.75 Å². The van der Waals surface area contributed by atoms with Crippen molar-refractivity contribution < 1.29 is 9.13 Å². The Kier molecular flexibility index (Phi) is 3.89. The molecule has 0 aliphatic carbocycles. The second-order valence-electron chi connectivity index (χ2n) is 4.03. The molecule has 0 radical (unpaired) electrons. The van der Waals surface area contributed by atoms with Crippen molar-refractivity contribution in [1.29, 1.82) is 0 Å². The van der Waals surface area contributed by atoms with E-state index >= 15 is 0 Å². The molecule has 3 nitrogen and oxygen atoms in total. The molecule has 2 rings (SSSR count). The molecule has 2 aromatic rings. The molecule has 1 aromatic carbocycles. The number of ether oxygens (including phenoxy) is 1. The number of nitrogens with zero attached hydrogens (tertiary/aromatic N) is 1. The third-order valence-corrected chi connectivity index (χ3v) is 2.70. The van der Waals surface area contributed by atoms with Gasteiger partial charge in [-0.15, -0.1) is 0 Å². The van der Waals surface area contributed by atoms with Gasteiger partial charge in [0.15, 0.2) is 0 Å². The minimum atomic E-state index is -0.270. The van der Waals surface area contributed by atoms with E-state index in [1.54, 1.807) is 25.4 Å². The zero-order valence-corrected chi connectivity index (χ0v) is 10.1. The first kappa shape index (κ1) is 12.5. The van der Waals surface area contributed by atoms with Gasteiger partial charge in [-0.25, -0.2) is 4.39 Å². The normalized spacial score (nSPS) is 12.2. The predicted molar refractivity (Wildman–Crippen MR) is 67.8 cm³/mol. The second-order valence-corrected chi connectivity index (χ2v) is 4.03. The van der Waals surface area contributed by atoms with Gasteiger partial charge in [0, 0.05) is 18.9 Å². The summed E-state index contributed by atoms with van der Waals surface area (Å²) in [5, 5.41) is 0. The van der Waals surface area contributed by atoms with Gasteiger partial charge < -0.3 is 10.5 Å². The van der Waals surface area contributed by atoms with E-state index in [0.29, 0.717) is 12.3 Å². The van der Waals surface area contributed by atoms with Crippen molar-refractivity contribution in [1.82, 2.24) is 4.98 Å². The zero-order chi connectivity index (χ0) is 13.0. The van der Waals surface area contributed by atoms with E-state index in [-0.39, 0.29) is 11.9 Å². The number of rotatable bonds is 4. The Morgan fingerprint density at radius 2 is 2.00 bits per heavy atom. The second kappa shape index (κ2) is 5.60. The van der Waals surface area contributed by atoms with Crippen molar-refractivity contribution in [2.45, 2.75) is 13.0 Å². The van der Waals surface area contributed by atoms with Crippen LogP contribution < -0.4 is 10.5 Å². The lowest BCUT2D eigenvalue weighted by molar-refractivity contribution is 0.212. The smallest absolute Gasteiger partial charge is 0.136 e. The molecule has 94 valence electrons. The van der Waals surface area contributed by atoms with Crippen LogP contribution in [-0.2, 0) is 0 Å². The van der Waals surface area contributed by atoms with Crippen LogP contribution in [-0.4, -0.2) is 11.5 Å². The average Bonchev–Trinajstić information content (AvgIpc) is 2.39. The summed E-state index contributed by atoms with van der Waals surface area (Å²) >= 11 is 0. The Morgan fingerprint density at radius 3 is 2.61 bits per heavy atom. The maximum Gasteiger partial charge on any atom is 0.136 e. The Morgan fingerprint density at radius 1 is 1.28 bits per heavy atom. The number of hydrogen-bond acceptors (Lipinski definition) is 3. The molecular weight excluding hydrogens is 231 g/mol. The first-order chi connectivity index (χ1) is 8.70. The predicted octanol–water partition coefficient (Wildman–Crippen LogP) is 2.61. The van der Waals surface area contributed by atoms with E-state index in [2.05, 4.69) is 4.98 Å². The van der Waals surface area contributed by atoms with Crippen LogP contribution in [0.25, 0.3) is 0 Å². The molecule has 0 amide bonds. The molecule has 2 N–H and O–H groups in total. The molecule has 0 saturated carbocycles. The quantitative estimate of drug-likeness (QED) is 0.902. The van der Waals surface area contributed by atoms with Gasteiger partial charge in [-0.2, -0.15) is 0 Å². The largest absolute Gasteiger partial charge is 0.484 e. The molecule has 0 aliphatic heterocycles. The third-order valence-electron chi connectivity index (χ3n) is 2.70. The highest BCUT2D eigenvalue weighted by Crippen LogP contribution is 2.24. The van der Waals surface area contributed by atoms with Crippen LogP contribution in [0.15, 0.2) is 42.7 Å². The van der Waals surface area contributed by atoms with Crippen LogP contribution in [0.2, 0.25) is 0 Å². The molecule has 4 heteroatoms. The third kappa shape index (κ3) is 2.84. The number of benzene rings is 1. The molecular formula is C14H15FN2O. The lowest BCUT2D eigenvalue weighted by atomic mass is 10.1. The summed E-state index contributed by atoms with van der Waals surface area (Å²) in [5.74, 6) is 0.372. The van der Waals surface area contributed by atoms with Crippen LogP contribution >= 0.6 is 0 Å². The first-order valence-electron chi connectivity index (χ1n) is 5.73. The van der Waals surface area contributed by atoms with Gasteiger partial charge in [0.05, 0.1) is 0 Å². The zero-order valence-electron chi connectivity index (χ0n) is 10.1. The van der Waals surface area contributed by atoms with Crippen LogP contribution in [0.4, 0.5) is 4.39 Å². The Balaban J connectivity index is 2.21. The van der Waals surface area contributed by atoms with Gasteiger partial charge in [-0.3, -0.25) is 4.98 Å². The number of aromatic nitrogens is 1. The van der Waals surface area contributed by atoms with Crippen LogP contribution in [0.1, 0.15) is 17.2 Å². The topological polar surface area (TPSA) is 48.1 Å². The summed E-state index contributed by atoms with van der Waals surface area (Å²) < 4.78 is 18.8. The molecule has 0 fully saturated rings. The summed E-state index contributed by atoms with van der Waals surface area (Å²) in [6.45, 7) is 2.15. The highest BCUT2D eigenvalue weighted by Gasteiger charge is 2.12. The van der Waals surface area contributed by atoms with Gasteiger partial charge >= 0.3 is 0 Å². The van der Waals surface area contributed by atoms with Crippen molar-refractivity contribution in [3.05, 3.63) is 59.7 Å². The van der Waals surface area contributed by atoms with E-state index in [1.165, 1.54) is 12.1 Å². The Hall–Kier alpha value is -1.94. The molecule has 0 bridgehead atoms. The van der Waals surface area contributed by atoms with Gasteiger partial charge in [-0.1, -0.05) is 0 Å². The fourth-order valence-corrected chi connectivity index (χ4v) is 1.73. The van der Waals surface area contributed by atoms with Gasteiger partial charge in [0.25, 0.3) is 0 Å². The highest BCUT2D eigenvalue weighted by molar-refractivity contribution is 5.33. The Labute approximate surface area is 105 Å². The SMILES string of the molecule is Cc1cc(F)ccc1OC(CN)c1ccncc1. The molecule has 1 atom stereocenters. The van der Waals surface area contributed by atoms with Crippen molar-refractivity contribution in [3.63, 3.8) is 0 Å². The van der Waals surface area contributed by atoms with Crippen LogP contribution in [0.3, 0.4) is 0 Å². The van der Waals surface area contributed by atoms with Gasteiger partial charge in [0.1, 0.15) is 17.7 Å². The fourth-order valence-electron chi connectivity index (χ4n) is 1.73. The Bertz CT molecular complexity index is 516. The van der Waals surface area contributed by atoms with Crippen molar-refractivity contribution in [2.75, 3.05) is 6.54 Å². The summed E-state index contributed by atoms with van der Waals surface area (Å²) in [6, 6.07) is 8.15. The highest BCUT2D eigenvalue weighted by atomic mass is 19.1. The number of pyridine rings is 1. The molecule has 1 aromatic heterocycles. The van der Waals surface area contributed by atoms with Crippen molar-refractivity contribution >= 4 is 0 Å². The molecule has 1 heterocycles. The van der Waals surface area contributed by atoms with Gasteiger partial charge in [0.2, 0.25) is 0 Å². The maximum absolute atomic E-state index is 13.0. The first-order valence-corrected chi connectivity index (χ1v) is 5.73. The summed E-state index contributed by atoms with van der Waals surface area (Å²) in [5.41, 5.74) is 7.42. The monoisotopic (exact) mass is 246 g/mol. The number of halogens is 1. The van der Waals surface area contributed by atoms with Crippen molar-refractivity contribution in [2.24, 2.45) is 5.73 Å². The van der Waals surface area contributed by atoms with Gasteiger partial charge in [-0.05, 0) is 48.4 Å². The minimum absolute atomic E-state index is 0.253. The molecule has 1 unspecified atom stereocenters. The van der Waals surface area contributed by atoms with E-state index in [9.17, 15) is 4.39 Å². The molecule has 18 heavy (non-hydrogen) atoms. The molecule has 0 spiro atoms. The van der Waals surface area contributed by atoms with Crippen LogP contribution in [0.5, 0.6) is 5.75 Å². The number of nitrogens with two attached hydrogens (primary N) is 1. The number of aryl methyl sites for hydroxylation is 1. The lowest BCUT2D eigenvalue weighted by Crippen LogP contribution is -2.18. The maximum atomic E-state index is 13.0. The van der Waals surface area contributed by atoms with E-state index in [4.69, 9.17) is 10.5 Å². The lowest BCUT2D eigenvalue weighted by Gasteiger charge is -2.19. The van der Waals surface area contributed by atoms with E-state index in [1.807, 2.05) is 12.1 Å². The summed E-state index contributed by atoms with van der Waals surface area (Å²) in [4.78, 5) is 3.95.